The highest BCUT2D eigenvalue weighted by molar-refractivity contribution is 7.13. The zero-order valence-corrected chi connectivity index (χ0v) is 22.3. The minimum Gasteiger partial charge on any atom is -0.492 e. The summed E-state index contributed by atoms with van der Waals surface area (Å²) in [6.45, 7) is 1.99. The Kier molecular flexibility index (Phi) is 7.56. The van der Waals surface area contributed by atoms with Gasteiger partial charge < -0.3 is 14.6 Å². The van der Waals surface area contributed by atoms with Crippen molar-refractivity contribution in [2.24, 2.45) is 0 Å². The molecule has 8 heteroatoms. The molecular weight excluding hydrogens is 506 g/mol. The zero-order valence-electron chi connectivity index (χ0n) is 21.5. The van der Waals surface area contributed by atoms with E-state index in [4.69, 9.17) is 4.74 Å². The molecule has 3 aromatic heterocycles. The Balaban J connectivity index is 1.11. The van der Waals surface area contributed by atoms with E-state index in [1.165, 1.54) is 16.0 Å². The monoisotopic (exact) mass is 535 g/mol. The van der Waals surface area contributed by atoms with Gasteiger partial charge in [0.1, 0.15) is 5.75 Å². The molecule has 0 amide bonds. The number of carbonyl (C=O) groups is 1. The Morgan fingerprint density at radius 1 is 1.00 bits per heavy atom. The molecule has 4 heterocycles. The summed E-state index contributed by atoms with van der Waals surface area (Å²) in [5, 5.41) is 3.69. The SMILES string of the molecule is O=C(CCc1ccncc1)c1cccc2c1OCCC2NCc1cncn1Cc1ccc(-c2cncs2)cc1. The average Bonchev–Trinajstić information content (AvgIpc) is 3.68. The molecule has 1 atom stereocenters. The summed E-state index contributed by atoms with van der Waals surface area (Å²) in [4.78, 5) is 26.9. The van der Waals surface area contributed by atoms with Gasteiger partial charge in [0, 0.05) is 62.3 Å². The number of hydrogen-bond acceptors (Lipinski definition) is 7. The van der Waals surface area contributed by atoms with E-state index in [2.05, 4.69) is 55.2 Å². The van der Waals surface area contributed by atoms with Gasteiger partial charge in [-0.1, -0.05) is 36.4 Å². The lowest BCUT2D eigenvalue weighted by Crippen LogP contribution is -2.28. The van der Waals surface area contributed by atoms with E-state index in [9.17, 15) is 4.79 Å². The molecule has 0 bridgehead atoms. The van der Waals surface area contributed by atoms with Crippen LogP contribution < -0.4 is 10.1 Å². The highest BCUT2D eigenvalue weighted by atomic mass is 32.1. The van der Waals surface area contributed by atoms with E-state index in [-0.39, 0.29) is 11.8 Å². The number of aryl methyl sites for hydroxylation is 1. The number of rotatable bonds is 10. The van der Waals surface area contributed by atoms with Crippen molar-refractivity contribution >= 4 is 17.1 Å². The van der Waals surface area contributed by atoms with Gasteiger partial charge in [0.25, 0.3) is 0 Å². The van der Waals surface area contributed by atoms with Gasteiger partial charge in [-0.3, -0.25) is 14.8 Å². The van der Waals surface area contributed by atoms with Crippen molar-refractivity contribution in [3.63, 3.8) is 0 Å². The molecule has 0 spiro atoms. The fraction of sp³-hybridized carbons (Fsp3) is 0.226. The lowest BCUT2D eigenvalue weighted by Gasteiger charge is -2.28. The van der Waals surface area contributed by atoms with E-state index in [0.717, 1.165) is 35.5 Å². The molecular formula is C31H29N5O2S. The van der Waals surface area contributed by atoms with Gasteiger partial charge in [-0.15, -0.1) is 11.3 Å². The Hall–Kier alpha value is -4.14. The summed E-state index contributed by atoms with van der Waals surface area (Å²) in [6, 6.07) is 18.5. The van der Waals surface area contributed by atoms with Crippen molar-refractivity contribution in [1.82, 2.24) is 24.8 Å². The number of aromatic nitrogens is 4. The van der Waals surface area contributed by atoms with Crippen molar-refractivity contribution in [3.05, 3.63) is 119 Å². The molecule has 6 rings (SSSR count). The number of thiazole rings is 1. The summed E-state index contributed by atoms with van der Waals surface area (Å²) in [5.41, 5.74) is 8.18. The lowest BCUT2D eigenvalue weighted by molar-refractivity contribution is 0.0977. The van der Waals surface area contributed by atoms with E-state index in [1.54, 1.807) is 23.7 Å². The summed E-state index contributed by atoms with van der Waals surface area (Å²) in [7, 11) is 0. The highest BCUT2D eigenvalue weighted by Crippen LogP contribution is 2.36. The number of hydrogen-bond donors (Lipinski definition) is 1. The van der Waals surface area contributed by atoms with Crippen molar-refractivity contribution in [2.45, 2.75) is 38.4 Å². The largest absolute Gasteiger partial charge is 0.492 e. The molecule has 1 N–H and O–H groups in total. The van der Waals surface area contributed by atoms with Gasteiger partial charge in [0.2, 0.25) is 0 Å². The van der Waals surface area contributed by atoms with Crippen LogP contribution in [0, 0.1) is 0 Å². The fourth-order valence-electron chi connectivity index (χ4n) is 4.99. The van der Waals surface area contributed by atoms with Crippen LogP contribution >= 0.6 is 11.3 Å². The summed E-state index contributed by atoms with van der Waals surface area (Å²) >= 11 is 1.64. The minimum atomic E-state index is 0.101. The van der Waals surface area contributed by atoms with Crippen molar-refractivity contribution in [3.8, 4) is 16.2 Å². The molecule has 7 nitrogen and oxygen atoms in total. The Morgan fingerprint density at radius 3 is 2.69 bits per heavy atom. The standard InChI is InChI=1S/C31H29N5O2S/c37-29(9-6-22-10-13-32-14-11-22)27-3-1-2-26-28(12-15-38-31(26)27)35-17-25-16-33-20-36(25)19-23-4-7-24(8-5-23)30-18-34-21-39-30/h1-5,7-8,10-11,13-14,16,18,20-21,28,35H,6,9,12,15,17,19H2. The van der Waals surface area contributed by atoms with Crippen LogP contribution in [0.2, 0.25) is 0 Å². The average molecular weight is 536 g/mol. The van der Waals surface area contributed by atoms with E-state index in [1.807, 2.05) is 48.5 Å². The molecule has 0 saturated heterocycles. The van der Waals surface area contributed by atoms with E-state index < -0.39 is 0 Å². The number of ketones is 1. The smallest absolute Gasteiger partial charge is 0.166 e. The zero-order chi connectivity index (χ0) is 26.4. The van der Waals surface area contributed by atoms with Crippen molar-refractivity contribution < 1.29 is 9.53 Å². The number of para-hydroxylation sites is 1. The van der Waals surface area contributed by atoms with Crippen molar-refractivity contribution in [2.75, 3.05) is 6.61 Å². The maximum atomic E-state index is 13.1. The summed E-state index contributed by atoms with van der Waals surface area (Å²) < 4.78 is 8.22. The van der Waals surface area contributed by atoms with Gasteiger partial charge in [-0.25, -0.2) is 4.98 Å². The van der Waals surface area contributed by atoms with Gasteiger partial charge in [0.15, 0.2) is 5.78 Å². The van der Waals surface area contributed by atoms with E-state index >= 15 is 0 Å². The van der Waals surface area contributed by atoms with Gasteiger partial charge in [-0.05, 0) is 41.3 Å². The Labute approximate surface area is 231 Å². The second-order valence-electron chi connectivity index (χ2n) is 9.65. The number of Topliss-reactive ketones (excluding diaryl/α,β-unsaturated/α-hetero) is 1. The van der Waals surface area contributed by atoms with Crippen LogP contribution in [0.4, 0.5) is 0 Å². The second-order valence-corrected chi connectivity index (χ2v) is 10.5. The first-order valence-corrected chi connectivity index (χ1v) is 14.0. The number of carbonyl (C=O) groups excluding carboxylic acids is 1. The number of nitrogens with one attached hydrogen (secondary N) is 1. The van der Waals surface area contributed by atoms with Crippen molar-refractivity contribution in [1.29, 1.82) is 0 Å². The summed E-state index contributed by atoms with van der Waals surface area (Å²) in [6.07, 6.45) is 11.2. The van der Waals surface area contributed by atoms with E-state index in [0.29, 0.717) is 31.6 Å². The highest BCUT2D eigenvalue weighted by Gasteiger charge is 2.26. The first-order valence-electron chi connectivity index (χ1n) is 13.1. The molecule has 1 unspecified atom stereocenters. The van der Waals surface area contributed by atoms with Crippen LogP contribution in [0.1, 0.15) is 51.6 Å². The van der Waals surface area contributed by atoms with Crippen LogP contribution in [0.3, 0.4) is 0 Å². The molecule has 0 saturated carbocycles. The Bertz CT molecular complexity index is 1530. The lowest BCUT2D eigenvalue weighted by atomic mass is 9.94. The topological polar surface area (TPSA) is 81.9 Å². The molecule has 196 valence electrons. The molecule has 5 aromatic rings. The third-order valence-corrected chi connectivity index (χ3v) is 7.94. The number of fused-ring (bicyclic) bond motifs is 1. The van der Waals surface area contributed by atoms with Crippen LogP contribution in [0.5, 0.6) is 5.75 Å². The first kappa shape index (κ1) is 25.2. The fourth-order valence-corrected chi connectivity index (χ4v) is 5.62. The molecule has 0 aliphatic carbocycles. The number of ether oxygens (including phenoxy) is 1. The molecule has 1 aliphatic heterocycles. The normalized spacial score (nSPS) is 14.5. The predicted octanol–water partition coefficient (Wildman–Crippen LogP) is 5.88. The van der Waals surface area contributed by atoms with Gasteiger partial charge in [-0.2, -0.15) is 0 Å². The number of imidazole rings is 1. The molecule has 0 fully saturated rings. The maximum Gasteiger partial charge on any atom is 0.166 e. The first-order chi connectivity index (χ1) is 19.2. The molecule has 0 radical (unpaired) electrons. The third-order valence-electron chi connectivity index (χ3n) is 7.12. The molecule has 1 aliphatic rings. The number of nitrogens with zero attached hydrogens (tertiary/aromatic N) is 4. The van der Waals surface area contributed by atoms with Gasteiger partial charge >= 0.3 is 0 Å². The quantitative estimate of drug-likeness (QED) is 0.225. The molecule has 2 aromatic carbocycles. The number of pyridine rings is 1. The Morgan fingerprint density at radius 2 is 1.87 bits per heavy atom. The predicted molar refractivity (Wildman–Crippen MR) is 152 cm³/mol. The number of benzene rings is 2. The maximum absolute atomic E-state index is 13.1. The minimum absolute atomic E-state index is 0.101. The summed E-state index contributed by atoms with van der Waals surface area (Å²) in [5.74, 6) is 0.819. The second kappa shape index (κ2) is 11.7. The van der Waals surface area contributed by atoms with Crippen LogP contribution in [-0.4, -0.2) is 31.9 Å². The van der Waals surface area contributed by atoms with Crippen LogP contribution in [0.15, 0.2) is 91.2 Å². The van der Waals surface area contributed by atoms with Crippen LogP contribution in [-0.2, 0) is 19.5 Å². The van der Waals surface area contributed by atoms with Crippen LogP contribution in [0.25, 0.3) is 10.4 Å². The van der Waals surface area contributed by atoms with Gasteiger partial charge in [0.05, 0.1) is 34.6 Å². The third kappa shape index (κ3) is 5.82. The molecule has 39 heavy (non-hydrogen) atoms.